The Bertz CT molecular complexity index is 1620. The van der Waals surface area contributed by atoms with Crippen molar-refractivity contribution < 1.29 is 17.9 Å². The maximum Gasteiger partial charge on any atom is 0.231 e. The standard InChI is InChI=1S/C23H25N9O4S/c1-31(2)37(33,34)11-8-25-21-18-14(12-24)13-26-22(18)30-23(29-21)28-16-5-4-15(17-6-7-27-32(17)3)19-20(16)36-10-9-35-19/h4-7,13H,8-11H2,1-3H3,(H3,25,26,28,29,30). The smallest absolute Gasteiger partial charge is 0.231 e. The molecule has 0 amide bonds. The zero-order chi connectivity index (χ0) is 26.2. The van der Waals surface area contributed by atoms with E-state index >= 15 is 0 Å². The number of nitrogens with one attached hydrogen (secondary N) is 3. The first-order chi connectivity index (χ1) is 17.8. The fraction of sp³-hybridized carbons (Fsp3) is 0.304. The molecule has 14 heteroatoms. The molecule has 5 rings (SSSR count). The van der Waals surface area contributed by atoms with Gasteiger partial charge in [0.1, 0.15) is 30.7 Å². The van der Waals surface area contributed by atoms with E-state index in [4.69, 9.17) is 9.47 Å². The Morgan fingerprint density at radius 2 is 1.97 bits per heavy atom. The lowest BCUT2D eigenvalue weighted by Crippen LogP contribution is -2.28. The Balaban J connectivity index is 1.50. The normalized spacial score (nSPS) is 13.1. The fourth-order valence-corrected chi connectivity index (χ4v) is 4.71. The topological polar surface area (TPSA) is 163 Å². The number of fused-ring (bicyclic) bond motifs is 2. The molecule has 0 saturated carbocycles. The van der Waals surface area contributed by atoms with Crippen molar-refractivity contribution in [1.82, 2.24) is 29.0 Å². The predicted molar refractivity (Wildman–Crippen MR) is 137 cm³/mol. The summed E-state index contributed by atoms with van der Waals surface area (Å²) in [7, 11) is 1.39. The number of hydrogen-bond donors (Lipinski definition) is 3. The van der Waals surface area contributed by atoms with Gasteiger partial charge in [0.25, 0.3) is 0 Å². The van der Waals surface area contributed by atoms with Crippen LogP contribution in [-0.2, 0) is 17.1 Å². The molecule has 13 nitrogen and oxygen atoms in total. The van der Waals surface area contributed by atoms with Crippen molar-refractivity contribution in [2.24, 2.45) is 7.05 Å². The Kier molecular flexibility index (Phi) is 6.32. The number of aryl methyl sites for hydroxylation is 1. The summed E-state index contributed by atoms with van der Waals surface area (Å²) in [5, 5.41) is 20.5. The largest absolute Gasteiger partial charge is 0.485 e. The molecule has 1 aliphatic rings. The maximum atomic E-state index is 12.2. The zero-order valence-corrected chi connectivity index (χ0v) is 21.3. The highest BCUT2D eigenvalue weighted by Gasteiger charge is 2.24. The molecule has 4 aromatic rings. The van der Waals surface area contributed by atoms with Crippen LogP contribution in [0.25, 0.3) is 22.3 Å². The molecule has 0 spiro atoms. The summed E-state index contributed by atoms with van der Waals surface area (Å²) in [5.74, 6) is 1.51. The van der Waals surface area contributed by atoms with Crippen molar-refractivity contribution >= 4 is 38.5 Å². The number of benzene rings is 1. The van der Waals surface area contributed by atoms with Crippen molar-refractivity contribution in [3.8, 4) is 28.8 Å². The van der Waals surface area contributed by atoms with Gasteiger partial charge in [-0.1, -0.05) is 0 Å². The summed E-state index contributed by atoms with van der Waals surface area (Å²) in [5.41, 5.74) is 3.07. The highest BCUT2D eigenvalue weighted by atomic mass is 32.2. The second-order valence-corrected chi connectivity index (χ2v) is 10.7. The summed E-state index contributed by atoms with van der Waals surface area (Å²) in [6.45, 7) is 0.882. The van der Waals surface area contributed by atoms with Gasteiger partial charge in [0.2, 0.25) is 16.0 Å². The number of aromatic nitrogens is 5. The van der Waals surface area contributed by atoms with E-state index in [-0.39, 0.29) is 18.2 Å². The molecule has 1 aromatic carbocycles. The van der Waals surface area contributed by atoms with Crippen molar-refractivity contribution in [3.63, 3.8) is 0 Å². The van der Waals surface area contributed by atoms with E-state index in [1.165, 1.54) is 20.3 Å². The average Bonchev–Trinajstić information content (AvgIpc) is 3.50. The van der Waals surface area contributed by atoms with Gasteiger partial charge in [-0.15, -0.1) is 0 Å². The molecular formula is C23H25N9O4S. The molecule has 0 radical (unpaired) electrons. The monoisotopic (exact) mass is 523 g/mol. The summed E-state index contributed by atoms with van der Waals surface area (Å²) >= 11 is 0. The van der Waals surface area contributed by atoms with E-state index in [1.54, 1.807) is 10.9 Å². The van der Waals surface area contributed by atoms with Crippen LogP contribution in [0.1, 0.15) is 5.56 Å². The third kappa shape index (κ3) is 4.61. The molecule has 3 aromatic heterocycles. The number of nitrogens with zero attached hydrogens (tertiary/aromatic N) is 6. The molecule has 192 valence electrons. The fourth-order valence-electron chi connectivity index (χ4n) is 3.98. The van der Waals surface area contributed by atoms with Gasteiger partial charge in [-0.2, -0.15) is 20.3 Å². The second kappa shape index (κ2) is 9.60. The summed E-state index contributed by atoms with van der Waals surface area (Å²) in [4.78, 5) is 12.0. The van der Waals surface area contributed by atoms with E-state index in [1.807, 2.05) is 25.2 Å². The Morgan fingerprint density at radius 1 is 1.19 bits per heavy atom. The highest BCUT2D eigenvalue weighted by molar-refractivity contribution is 7.89. The maximum absolute atomic E-state index is 12.2. The lowest BCUT2D eigenvalue weighted by Gasteiger charge is -2.24. The first-order valence-electron chi connectivity index (χ1n) is 11.4. The van der Waals surface area contributed by atoms with Crippen LogP contribution in [0, 0.1) is 11.3 Å². The van der Waals surface area contributed by atoms with E-state index in [0.29, 0.717) is 52.8 Å². The SMILES string of the molecule is CN(C)S(=O)(=O)CCNc1nc(Nc2ccc(-c3ccnn3C)c3c2OCCO3)nc2[nH]cc(C#N)c12. The summed E-state index contributed by atoms with van der Waals surface area (Å²) < 4.78 is 39.2. The number of H-pyrrole nitrogens is 1. The van der Waals surface area contributed by atoms with Gasteiger partial charge in [-0.05, 0) is 18.2 Å². The predicted octanol–water partition coefficient (Wildman–Crippen LogP) is 2.05. The van der Waals surface area contributed by atoms with Gasteiger partial charge in [0, 0.05) is 45.6 Å². The minimum Gasteiger partial charge on any atom is -0.485 e. The first-order valence-corrected chi connectivity index (χ1v) is 13.0. The van der Waals surface area contributed by atoms with Crippen LogP contribution in [0.2, 0.25) is 0 Å². The molecule has 0 unspecified atom stereocenters. The van der Waals surface area contributed by atoms with E-state index in [2.05, 4.69) is 36.8 Å². The summed E-state index contributed by atoms with van der Waals surface area (Å²) in [6, 6.07) is 7.75. The van der Waals surface area contributed by atoms with Crippen LogP contribution in [0.5, 0.6) is 11.5 Å². The van der Waals surface area contributed by atoms with Gasteiger partial charge in [-0.3, -0.25) is 4.68 Å². The number of anilines is 3. The quantitative estimate of drug-likeness (QED) is 0.311. The molecule has 3 N–H and O–H groups in total. The zero-order valence-electron chi connectivity index (χ0n) is 20.4. The first kappa shape index (κ1) is 24.3. The molecule has 0 atom stereocenters. The van der Waals surface area contributed by atoms with Crippen LogP contribution in [0.3, 0.4) is 0 Å². The molecule has 0 bridgehead atoms. The molecule has 37 heavy (non-hydrogen) atoms. The van der Waals surface area contributed by atoms with Gasteiger partial charge < -0.3 is 25.1 Å². The third-order valence-corrected chi connectivity index (χ3v) is 7.73. The number of aromatic amines is 1. The third-order valence-electron chi connectivity index (χ3n) is 5.89. The Labute approximate surface area is 213 Å². The minimum absolute atomic E-state index is 0.0911. The van der Waals surface area contributed by atoms with Crippen LogP contribution >= 0.6 is 0 Å². The van der Waals surface area contributed by atoms with E-state index in [0.717, 1.165) is 15.6 Å². The lowest BCUT2D eigenvalue weighted by atomic mass is 10.1. The number of sulfonamides is 1. The number of hydrogen-bond acceptors (Lipinski definition) is 10. The Morgan fingerprint density at radius 3 is 2.68 bits per heavy atom. The minimum atomic E-state index is -3.42. The molecule has 0 aliphatic carbocycles. The molecule has 0 fully saturated rings. The van der Waals surface area contributed by atoms with Gasteiger partial charge in [-0.25, -0.2) is 12.7 Å². The van der Waals surface area contributed by atoms with E-state index in [9.17, 15) is 13.7 Å². The van der Waals surface area contributed by atoms with E-state index < -0.39 is 10.0 Å². The van der Waals surface area contributed by atoms with Gasteiger partial charge >= 0.3 is 0 Å². The van der Waals surface area contributed by atoms with Crippen molar-refractivity contribution in [3.05, 3.63) is 36.2 Å². The average molecular weight is 524 g/mol. The molecule has 0 saturated heterocycles. The number of nitriles is 1. The number of ether oxygens (including phenoxy) is 2. The van der Waals surface area contributed by atoms with Crippen molar-refractivity contribution in [2.75, 3.05) is 50.2 Å². The molecule has 1 aliphatic heterocycles. The van der Waals surface area contributed by atoms with Crippen molar-refractivity contribution in [1.29, 1.82) is 5.26 Å². The Hall–Kier alpha value is -4.35. The van der Waals surface area contributed by atoms with Gasteiger partial charge in [0.15, 0.2) is 11.5 Å². The highest BCUT2D eigenvalue weighted by Crippen LogP contribution is 2.45. The van der Waals surface area contributed by atoms with Crippen LogP contribution in [0.4, 0.5) is 17.5 Å². The van der Waals surface area contributed by atoms with Crippen LogP contribution < -0.4 is 20.1 Å². The second-order valence-electron chi connectivity index (χ2n) is 8.44. The van der Waals surface area contributed by atoms with Gasteiger partial charge in [0.05, 0.1) is 28.1 Å². The molecule has 4 heterocycles. The van der Waals surface area contributed by atoms with Crippen molar-refractivity contribution in [2.45, 2.75) is 0 Å². The van der Waals surface area contributed by atoms with Crippen LogP contribution in [-0.4, -0.2) is 77.1 Å². The van der Waals surface area contributed by atoms with Crippen LogP contribution in [0.15, 0.2) is 30.6 Å². The summed E-state index contributed by atoms with van der Waals surface area (Å²) in [6.07, 6.45) is 3.25. The number of rotatable bonds is 8. The molecular weight excluding hydrogens is 498 g/mol. The lowest BCUT2D eigenvalue weighted by molar-refractivity contribution is 0.173.